The number of aryl methyl sites for hydroxylation is 1. The van der Waals surface area contributed by atoms with Crippen LogP contribution in [-0.4, -0.2) is 41.4 Å². The van der Waals surface area contributed by atoms with Gasteiger partial charge >= 0.3 is 0 Å². The lowest BCUT2D eigenvalue weighted by atomic mass is 9.81. The molecule has 0 radical (unpaired) electrons. The number of aromatic nitrogens is 5. The van der Waals surface area contributed by atoms with Crippen molar-refractivity contribution < 1.29 is 4.79 Å². The minimum Gasteiger partial charge on any atom is -0.324 e. The molecule has 30 heavy (non-hydrogen) atoms. The average molecular weight is 425 g/mol. The molecule has 4 heterocycles. The van der Waals surface area contributed by atoms with Gasteiger partial charge in [-0.3, -0.25) is 9.48 Å². The van der Waals surface area contributed by atoms with E-state index in [1.807, 2.05) is 48.7 Å². The van der Waals surface area contributed by atoms with Crippen molar-refractivity contribution in [2.75, 3.05) is 0 Å². The predicted octanol–water partition coefficient (Wildman–Crippen LogP) is 4.21. The second-order valence-electron chi connectivity index (χ2n) is 8.51. The molecular weight excluding hydrogens is 400 g/mol. The second kappa shape index (κ2) is 7.23. The molecule has 0 saturated carbocycles. The SMILES string of the molecule is CC(C)n1cnc(C(=O)N2C3CCCC2c2nn(C)c(-c4cccc(Cl)c4)c2C3)n1. The van der Waals surface area contributed by atoms with E-state index in [1.54, 1.807) is 11.0 Å². The van der Waals surface area contributed by atoms with Crippen LogP contribution in [0.5, 0.6) is 0 Å². The Morgan fingerprint density at radius 3 is 2.80 bits per heavy atom. The van der Waals surface area contributed by atoms with Crippen molar-refractivity contribution in [3.63, 3.8) is 0 Å². The van der Waals surface area contributed by atoms with E-state index in [1.165, 1.54) is 5.56 Å². The van der Waals surface area contributed by atoms with E-state index in [2.05, 4.69) is 16.1 Å². The Balaban J connectivity index is 1.55. The second-order valence-corrected chi connectivity index (χ2v) is 8.94. The van der Waals surface area contributed by atoms with Crippen molar-refractivity contribution in [2.45, 2.75) is 57.7 Å². The summed E-state index contributed by atoms with van der Waals surface area (Å²) < 4.78 is 3.67. The van der Waals surface area contributed by atoms with Crippen molar-refractivity contribution >= 4 is 17.5 Å². The molecule has 3 aromatic rings. The molecule has 8 heteroatoms. The van der Waals surface area contributed by atoms with Crippen molar-refractivity contribution in [3.05, 3.63) is 52.7 Å². The lowest BCUT2D eigenvalue weighted by Crippen LogP contribution is -2.50. The van der Waals surface area contributed by atoms with E-state index in [9.17, 15) is 4.79 Å². The average Bonchev–Trinajstić information content (AvgIpc) is 3.32. The minimum absolute atomic E-state index is 0.0369. The first-order valence-corrected chi connectivity index (χ1v) is 10.9. The van der Waals surface area contributed by atoms with E-state index in [4.69, 9.17) is 16.7 Å². The molecule has 7 nitrogen and oxygen atoms in total. The highest BCUT2D eigenvalue weighted by molar-refractivity contribution is 6.30. The van der Waals surface area contributed by atoms with E-state index in [0.717, 1.165) is 42.6 Å². The summed E-state index contributed by atoms with van der Waals surface area (Å²) in [5, 5.41) is 10.0. The molecule has 1 fully saturated rings. The molecule has 2 bridgehead atoms. The quantitative estimate of drug-likeness (QED) is 0.631. The third-order valence-corrected chi connectivity index (χ3v) is 6.47. The Kier molecular flexibility index (Phi) is 4.65. The fraction of sp³-hybridized carbons (Fsp3) is 0.455. The topological polar surface area (TPSA) is 68.8 Å². The number of hydrogen-bond acceptors (Lipinski definition) is 4. The van der Waals surface area contributed by atoms with Gasteiger partial charge in [-0.1, -0.05) is 23.7 Å². The summed E-state index contributed by atoms with van der Waals surface area (Å²) in [6.45, 7) is 4.05. The fourth-order valence-electron chi connectivity index (χ4n) is 4.88. The number of piperidine rings is 1. The predicted molar refractivity (Wildman–Crippen MR) is 114 cm³/mol. The Labute approximate surface area is 180 Å². The van der Waals surface area contributed by atoms with Gasteiger partial charge in [0, 0.05) is 35.3 Å². The Bertz CT molecular complexity index is 1120. The molecule has 0 N–H and O–H groups in total. The molecule has 5 rings (SSSR count). The summed E-state index contributed by atoms with van der Waals surface area (Å²) in [6.07, 6.45) is 5.41. The van der Waals surface area contributed by atoms with E-state index in [-0.39, 0.29) is 29.9 Å². The number of nitrogens with zero attached hydrogens (tertiary/aromatic N) is 6. The number of halogens is 1. The number of hydrogen-bond donors (Lipinski definition) is 0. The van der Waals surface area contributed by atoms with Crippen molar-refractivity contribution in [1.29, 1.82) is 0 Å². The molecule has 2 unspecified atom stereocenters. The summed E-state index contributed by atoms with van der Waals surface area (Å²) in [4.78, 5) is 19.7. The van der Waals surface area contributed by atoms with Crippen LogP contribution in [-0.2, 0) is 13.5 Å². The Morgan fingerprint density at radius 1 is 1.23 bits per heavy atom. The smallest absolute Gasteiger partial charge is 0.294 e. The van der Waals surface area contributed by atoms with Crippen LogP contribution in [0.25, 0.3) is 11.3 Å². The van der Waals surface area contributed by atoms with Gasteiger partial charge in [0.15, 0.2) is 0 Å². The highest BCUT2D eigenvalue weighted by Gasteiger charge is 2.44. The van der Waals surface area contributed by atoms with Crippen molar-refractivity contribution in [2.24, 2.45) is 7.05 Å². The number of amides is 1. The van der Waals surface area contributed by atoms with Gasteiger partial charge < -0.3 is 4.90 Å². The van der Waals surface area contributed by atoms with Gasteiger partial charge in [-0.25, -0.2) is 9.67 Å². The van der Waals surface area contributed by atoms with Crippen LogP contribution in [0.1, 0.15) is 67.1 Å². The lowest BCUT2D eigenvalue weighted by molar-refractivity contribution is 0.0379. The van der Waals surface area contributed by atoms with Gasteiger partial charge in [-0.2, -0.15) is 5.10 Å². The van der Waals surface area contributed by atoms with Crippen molar-refractivity contribution in [3.8, 4) is 11.3 Å². The molecule has 0 aliphatic carbocycles. The first kappa shape index (κ1) is 19.3. The summed E-state index contributed by atoms with van der Waals surface area (Å²) in [5.74, 6) is 0.180. The number of benzene rings is 1. The monoisotopic (exact) mass is 424 g/mol. The summed E-state index contributed by atoms with van der Waals surface area (Å²) in [5.41, 5.74) is 4.40. The fourth-order valence-corrected chi connectivity index (χ4v) is 5.07. The van der Waals surface area contributed by atoms with Gasteiger partial charge in [0.1, 0.15) is 6.33 Å². The summed E-state index contributed by atoms with van der Waals surface area (Å²) in [6, 6.07) is 8.16. The van der Waals surface area contributed by atoms with Crippen LogP contribution >= 0.6 is 11.6 Å². The molecule has 2 aliphatic heterocycles. The molecule has 2 aliphatic rings. The number of rotatable bonds is 3. The zero-order valence-corrected chi connectivity index (χ0v) is 18.2. The first-order chi connectivity index (χ1) is 14.4. The van der Waals surface area contributed by atoms with Crippen LogP contribution in [0.2, 0.25) is 5.02 Å². The molecule has 1 aromatic carbocycles. The first-order valence-electron chi connectivity index (χ1n) is 10.5. The summed E-state index contributed by atoms with van der Waals surface area (Å²) >= 11 is 6.25. The number of fused-ring (bicyclic) bond motifs is 4. The maximum absolute atomic E-state index is 13.4. The van der Waals surface area contributed by atoms with Gasteiger partial charge in [0.25, 0.3) is 5.91 Å². The van der Waals surface area contributed by atoms with Crippen LogP contribution in [0.15, 0.2) is 30.6 Å². The third kappa shape index (κ3) is 3.03. The number of carbonyl (C=O) groups is 1. The van der Waals surface area contributed by atoms with Crippen LogP contribution in [0, 0.1) is 0 Å². The van der Waals surface area contributed by atoms with E-state index < -0.39 is 0 Å². The highest BCUT2D eigenvalue weighted by Crippen LogP contribution is 2.45. The lowest BCUT2D eigenvalue weighted by Gasteiger charge is -2.44. The maximum Gasteiger partial charge on any atom is 0.294 e. The molecular formula is C22H25ClN6O. The normalized spacial score (nSPS) is 20.5. The Morgan fingerprint density at radius 2 is 2.07 bits per heavy atom. The minimum atomic E-state index is -0.0929. The van der Waals surface area contributed by atoms with Gasteiger partial charge in [-0.15, -0.1) is 5.10 Å². The zero-order chi connectivity index (χ0) is 21.0. The van der Waals surface area contributed by atoms with Crippen LogP contribution in [0.4, 0.5) is 0 Å². The van der Waals surface area contributed by atoms with Crippen LogP contribution in [0.3, 0.4) is 0 Å². The summed E-state index contributed by atoms with van der Waals surface area (Å²) in [7, 11) is 1.97. The molecule has 0 spiro atoms. The van der Waals surface area contributed by atoms with Crippen molar-refractivity contribution in [1.82, 2.24) is 29.4 Å². The van der Waals surface area contributed by atoms with Gasteiger partial charge in [0.05, 0.1) is 17.4 Å². The van der Waals surface area contributed by atoms with Crippen LogP contribution < -0.4 is 0 Å². The molecule has 1 amide bonds. The highest BCUT2D eigenvalue weighted by atomic mass is 35.5. The zero-order valence-electron chi connectivity index (χ0n) is 17.4. The van der Waals surface area contributed by atoms with E-state index >= 15 is 0 Å². The largest absolute Gasteiger partial charge is 0.324 e. The third-order valence-electron chi connectivity index (χ3n) is 6.24. The standard InChI is InChI=1S/C22H25ClN6O/c1-13(2)28-12-24-21(26-28)22(30)29-16-8-5-9-18(29)19-17(11-16)20(27(3)25-19)14-6-4-7-15(23)10-14/h4,6-7,10,12-13,16,18H,5,8-9,11H2,1-3H3. The van der Waals surface area contributed by atoms with Gasteiger partial charge in [-0.05, 0) is 51.7 Å². The number of carbonyl (C=O) groups excluding carboxylic acids is 1. The maximum atomic E-state index is 13.4. The molecule has 1 saturated heterocycles. The molecule has 2 aromatic heterocycles. The van der Waals surface area contributed by atoms with Gasteiger partial charge in [0.2, 0.25) is 5.82 Å². The molecule has 156 valence electrons. The van der Waals surface area contributed by atoms with E-state index in [0.29, 0.717) is 5.02 Å². The Hall–Kier alpha value is -2.67. The molecule has 2 atom stereocenters.